The third kappa shape index (κ3) is 3.14. The van der Waals surface area contributed by atoms with Gasteiger partial charge in [-0.2, -0.15) is 0 Å². The molecule has 0 saturated heterocycles. The van der Waals surface area contributed by atoms with Gasteiger partial charge >= 0.3 is 0 Å². The van der Waals surface area contributed by atoms with Gasteiger partial charge in [-0.15, -0.1) is 11.6 Å². The molecule has 2 aromatic rings. The average molecular weight is 348 g/mol. The van der Waals surface area contributed by atoms with E-state index >= 15 is 0 Å². The van der Waals surface area contributed by atoms with Crippen LogP contribution in [-0.2, 0) is 5.88 Å². The number of aromatic nitrogens is 1. The topological polar surface area (TPSA) is 22.1 Å². The maximum absolute atomic E-state index is 14.5. The van der Waals surface area contributed by atoms with Crippen LogP contribution in [0.1, 0.15) is 50.2 Å². The van der Waals surface area contributed by atoms with Crippen molar-refractivity contribution < 1.29 is 9.13 Å². The van der Waals surface area contributed by atoms with Crippen LogP contribution >= 0.6 is 11.6 Å². The van der Waals surface area contributed by atoms with Gasteiger partial charge in [0, 0.05) is 17.5 Å². The summed E-state index contributed by atoms with van der Waals surface area (Å²) in [6.07, 6.45) is 4.73. The summed E-state index contributed by atoms with van der Waals surface area (Å²) >= 11 is 6.05. The van der Waals surface area contributed by atoms with Gasteiger partial charge in [-0.05, 0) is 40.9 Å². The molecule has 128 valence electrons. The summed E-state index contributed by atoms with van der Waals surface area (Å²) in [4.78, 5) is 3.95. The molecule has 1 aliphatic rings. The Kier molecular flexibility index (Phi) is 4.82. The van der Waals surface area contributed by atoms with E-state index in [4.69, 9.17) is 16.3 Å². The lowest BCUT2D eigenvalue weighted by Crippen LogP contribution is -2.16. The first kappa shape index (κ1) is 17.2. The molecule has 0 N–H and O–H groups in total. The van der Waals surface area contributed by atoms with Gasteiger partial charge in [-0.3, -0.25) is 0 Å². The normalized spacial score (nSPS) is 19.5. The van der Waals surface area contributed by atoms with Crippen LogP contribution in [0.3, 0.4) is 0 Å². The molecule has 1 heterocycles. The van der Waals surface area contributed by atoms with Gasteiger partial charge in [-0.1, -0.05) is 38.5 Å². The van der Waals surface area contributed by atoms with Crippen molar-refractivity contribution in [3.05, 3.63) is 47.4 Å². The molecule has 1 saturated carbocycles. The number of hydrogen-bond donors (Lipinski definition) is 0. The van der Waals surface area contributed by atoms with E-state index in [1.54, 1.807) is 13.2 Å². The Morgan fingerprint density at radius 2 is 2.08 bits per heavy atom. The average Bonchev–Trinajstić information content (AvgIpc) is 2.94. The lowest BCUT2D eigenvalue weighted by Gasteiger charge is -2.29. The number of benzene rings is 1. The zero-order valence-corrected chi connectivity index (χ0v) is 15.2. The standard InChI is InChI=1S/C20H23ClFNO/c1-20(2)8-4-5-17(20)15-9-13(11-21)6-7-14(15)16-10-19(24-3)23-12-18(16)22/h6-7,9-10,12,17H,4-5,8,11H2,1-3H3. The fourth-order valence-corrected chi connectivity index (χ4v) is 4.04. The zero-order chi connectivity index (χ0) is 17.3. The number of methoxy groups -OCH3 is 1. The Balaban J connectivity index is 2.18. The van der Waals surface area contributed by atoms with Crippen LogP contribution < -0.4 is 4.74 Å². The SMILES string of the molecule is COc1cc(-c2ccc(CCl)cc2C2CCCC2(C)C)c(F)cn1. The molecule has 0 radical (unpaired) electrons. The number of alkyl halides is 1. The van der Waals surface area contributed by atoms with E-state index in [0.29, 0.717) is 23.2 Å². The highest BCUT2D eigenvalue weighted by Crippen LogP contribution is 2.51. The van der Waals surface area contributed by atoms with Crippen molar-refractivity contribution in [2.75, 3.05) is 7.11 Å². The fraction of sp³-hybridized carbons (Fsp3) is 0.450. The minimum Gasteiger partial charge on any atom is -0.481 e. The molecule has 0 aliphatic heterocycles. The van der Waals surface area contributed by atoms with Crippen molar-refractivity contribution in [1.82, 2.24) is 4.98 Å². The Bertz CT molecular complexity index is 744. The number of ether oxygens (including phenoxy) is 1. The molecular weight excluding hydrogens is 325 g/mol. The van der Waals surface area contributed by atoms with E-state index in [0.717, 1.165) is 17.5 Å². The fourth-order valence-electron chi connectivity index (χ4n) is 3.87. The second-order valence-corrected chi connectivity index (χ2v) is 7.46. The number of hydrogen-bond acceptors (Lipinski definition) is 2. The largest absolute Gasteiger partial charge is 0.481 e. The second kappa shape index (κ2) is 6.72. The molecule has 0 amide bonds. The molecule has 24 heavy (non-hydrogen) atoms. The summed E-state index contributed by atoms with van der Waals surface area (Å²) in [5.41, 5.74) is 3.91. The Labute approximate surface area is 148 Å². The minimum atomic E-state index is -0.327. The summed E-state index contributed by atoms with van der Waals surface area (Å²) in [6, 6.07) is 7.78. The van der Waals surface area contributed by atoms with Crippen LogP contribution in [-0.4, -0.2) is 12.1 Å². The van der Waals surface area contributed by atoms with Crippen LogP contribution in [0.4, 0.5) is 4.39 Å². The maximum atomic E-state index is 14.5. The van der Waals surface area contributed by atoms with Gasteiger partial charge in [0.25, 0.3) is 0 Å². The van der Waals surface area contributed by atoms with Crippen LogP contribution in [0, 0.1) is 11.2 Å². The highest BCUT2D eigenvalue weighted by atomic mass is 35.5. The first-order valence-corrected chi connectivity index (χ1v) is 8.88. The van der Waals surface area contributed by atoms with Crippen molar-refractivity contribution in [2.24, 2.45) is 5.41 Å². The summed E-state index contributed by atoms with van der Waals surface area (Å²) in [6.45, 7) is 4.59. The van der Waals surface area contributed by atoms with Crippen molar-refractivity contribution in [3.63, 3.8) is 0 Å². The maximum Gasteiger partial charge on any atom is 0.213 e. The lowest BCUT2D eigenvalue weighted by molar-refractivity contribution is 0.332. The molecule has 3 rings (SSSR count). The molecule has 1 aliphatic carbocycles. The summed E-state index contributed by atoms with van der Waals surface area (Å²) in [5, 5.41) is 0. The number of nitrogens with zero attached hydrogens (tertiary/aromatic N) is 1. The molecule has 1 atom stereocenters. The number of rotatable bonds is 4. The molecule has 4 heteroatoms. The van der Waals surface area contributed by atoms with Crippen LogP contribution in [0.2, 0.25) is 0 Å². The Morgan fingerprint density at radius 1 is 1.29 bits per heavy atom. The van der Waals surface area contributed by atoms with Gasteiger partial charge in [0.15, 0.2) is 0 Å². The van der Waals surface area contributed by atoms with Crippen molar-refractivity contribution in [3.8, 4) is 17.0 Å². The first-order valence-electron chi connectivity index (χ1n) is 8.35. The van der Waals surface area contributed by atoms with Crippen molar-refractivity contribution in [1.29, 1.82) is 0 Å². The van der Waals surface area contributed by atoms with E-state index in [2.05, 4.69) is 24.9 Å². The molecule has 1 fully saturated rings. The van der Waals surface area contributed by atoms with Crippen LogP contribution in [0.15, 0.2) is 30.5 Å². The highest BCUT2D eigenvalue weighted by Gasteiger charge is 2.37. The number of halogens is 2. The van der Waals surface area contributed by atoms with Crippen LogP contribution in [0.5, 0.6) is 5.88 Å². The molecule has 1 aromatic heterocycles. The second-order valence-electron chi connectivity index (χ2n) is 7.20. The predicted molar refractivity (Wildman–Crippen MR) is 96.1 cm³/mol. The van der Waals surface area contributed by atoms with E-state index in [-0.39, 0.29) is 11.2 Å². The minimum absolute atomic E-state index is 0.202. The first-order chi connectivity index (χ1) is 11.5. The lowest BCUT2D eigenvalue weighted by atomic mass is 9.75. The molecule has 2 nitrogen and oxygen atoms in total. The monoisotopic (exact) mass is 347 g/mol. The van der Waals surface area contributed by atoms with E-state index in [1.165, 1.54) is 24.6 Å². The molecule has 1 aromatic carbocycles. The molecular formula is C20H23ClFNO. The van der Waals surface area contributed by atoms with E-state index in [9.17, 15) is 4.39 Å². The predicted octanol–water partition coefficient (Wildman–Crippen LogP) is 5.93. The van der Waals surface area contributed by atoms with Gasteiger partial charge in [0.2, 0.25) is 5.88 Å². The summed E-state index contributed by atoms with van der Waals surface area (Å²) < 4.78 is 19.7. The van der Waals surface area contributed by atoms with E-state index in [1.807, 2.05) is 12.1 Å². The zero-order valence-electron chi connectivity index (χ0n) is 14.4. The summed E-state index contributed by atoms with van der Waals surface area (Å²) in [7, 11) is 1.54. The van der Waals surface area contributed by atoms with Gasteiger partial charge in [0.1, 0.15) is 5.82 Å². The van der Waals surface area contributed by atoms with Crippen LogP contribution in [0.25, 0.3) is 11.1 Å². The van der Waals surface area contributed by atoms with Crippen molar-refractivity contribution in [2.45, 2.75) is 44.9 Å². The molecule has 0 bridgehead atoms. The van der Waals surface area contributed by atoms with Gasteiger partial charge < -0.3 is 4.74 Å². The third-order valence-electron chi connectivity index (χ3n) is 5.23. The molecule has 1 unspecified atom stereocenters. The number of pyridine rings is 1. The Hall–Kier alpha value is -1.61. The molecule has 0 spiro atoms. The van der Waals surface area contributed by atoms with Gasteiger partial charge in [0.05, 0.1) is 13.3 Å². The van der Waals surface area contributed by atoms with E-state index < -0.39 is 0 Å². The quantitative estimate of drug-likeness (QED) is 0.639. The highest BCUT2D eigenvalue weighted by molar-refractivity contribution is 6.17. The Morgan fingerprint density at radius 3 is 2.71 bits per heavy atom. The third-order valence-corrected chi connectivity index (χ3v) is 5.54. The smallest absolute Gasteiger partial charge is 0.213 e. The van der Waals surface area contributed by atoms with Crippen molar-refractivity contribution >= 4 is 11.6 Å². The van der Waals surface area contributed by atoms with Gasteiger partial charge in [-0.25, -0.2) is 9.37 Å². The summed E-state index contributed by atoms with van der Waals surface area (Å²) in [5.74, 6) is 0.952.